The van der Waals surface area contributed by atoms with Gasteiger partial charge in [0.15, 0.2) is 0 Å². The average molecular weight is 404 g/mol. The number of hydrogen-bond acceptors (Lipinski definition) is 3. The molecule has 0 heterocycles. The van der Waals surface area contributed by atoms with E-state index in [2.05, 4.69) is 12.2 Å². The minimum atomic E-state index is -4.72. The smallest absolute Gasteiger partial charge is 0.417 e. The summed E-state index contributed by atoms with van der Waals surface area (Å²) < 4.78 is 39.4. The number of aromatic hydroxyl groups is 1. The lowest BCUT2D eigenvalue weighted by Crippen LogP contribution is -2.16. The van der Waals surface area contributed by atoms with Gasteiger partial charge in [-0.15, -0.1) is 0 Å². The van der Waals surface area contributed by atoms with E-state index in [0.717, 1.165) is 44.2 Å². The zero-order chi connectivity index (χ0) is 21.4. The first-order valence-corrected chi connectivity index (χ1v) is 9.51. The molecule has 0 saturated carbocycles. The van der Waals surface area contributed by atoms with Crippen LogP contribution in [0.1, 0.15) is 66.1 Å². The third-order valence-electron chi connectivity index (χ3n) is 4.61. The minimum absolute atomic E-state index is 0.0564. The number of amides is 1. The number of hydrogen-bond donors (Lipinski definition) is 2. The van der Waals surface area contributed by atoms with Crippen molar-refractivity contribution in [1.82, 2.24) is 0 Å². The number of carbonyl (C=O) groups excluding carboxylic acids is 1. The number of carbonyl (C=O) groups is 1. The van der Waals surface area contributed by atoms with Crippen molar-refractivity contribution in [3.63, 3.8) is 0 Å². The van der Waals surface area contributed by atoms with Crippen LogP contribution in [0.5, 0.6) is 5.75 Å². The van der Waals surface area contributed by atoms with E-state index >= 15 is 0 Å². The van der Waals surface area contributed by atoms with Crippen LogP contribution in [0.3, 0.4) is 0 Å². The van der Waals surface area contributed by atoms with Crippen LogP contribution in [0.25, 0.3) is 0 Å². The number of nitrogens with one attached hydrogen (secondary N) is 1. The molecule has 0 aromatic heterocycles. The maximum Gasteiger partial charge on any atom is 0.417 e. The maximum atomic E-state index is 13.1. The largest absolute Gasteiger partial charge is 0.507 e. The highest BCUT2D eigenvalue weighted by Gasteiger charge is 2.34. The van der Waals surface area contributed by atoms with Gasteiger partial charge in [0.1, 0.15) is 5.75 Å². The van der Waals surface area contributed by atoms with Gasteiger partial charge in [-0.1, -0.05) is 44.7 Å². The summed E-state index contributed by atoms with van der Waals surface area (Å²) in [6.07, 6.45) is 1.04. The van der Waals surface area contributed by atoms with Crippen molar-refractivity contribution in [2.24, 2.45) is 0 Å². The van der Waals surface area contributed by atoms with E-state index in [1.165, 1.54) is 18.2 Å². The van der Waals surface area contributed by atoms with E-state index in [0.29, 0.717) is 12.0 Å². The first-order chi connectivity index (χ1) is 13.8. The van der Waals surface area contributed by atoms with Crippen LogP contribution in [-0.2, 0) is 12.6 Å². The summed E-state index contributed by atoms with van der Waals surface area (Å²) in [7, 11) is 0. The Labute approximate surface area is 168 Å². The maximum absolute atomic E-state index is 13.1. The van der Waals surface area contributed by atoms with E-state index < -0.39 is 23.2 Å². The number of unbranched alkanes of at least 4 members (excludes halogenated alkanes) is 4. The van der Waals surface area contributed by atoms with Crippen LogP contribution in [0.15, 0.2) is 36.4 Å². The number of phenolic OH excluding ortho intramolecular Hbond substituents is 1. The number of rotatable bonds is 8. The standard InChI is InChI=1S/C22H23F3N2O2/c1-2-3-4-5-6-8-15-9-7-10-19(28)20(15)21(29)27-17-12-11-16(14-26)18(13-17)22(23,24)25/h7,9-13,28H,2-6,8H2,1H3,(H,27,29). The summed E-state index contributed by atoms with van der Waals surface area (Å²) in [5.41, 5.74) is -1.04. The Morgan fingerprint density at radius 2 is 1.86 bits per heavy atom. The van der Waals surface area contributed by atoms with Crippen molar-refractivity contribution < 1.29 is 23.1 Å². The van der Waals surface area contributed by atoms with Crippen molar-refractivity contribution in [1.29, 1.82) is 5.26 Å². The molecule has 0 atom stereocenters. The quantitative estimate of drug-likeness (QED) is 0.526. The topological polar surface area (TPSA) is 73.1 Å². The lowest BCUT2D eigenvalue weighted by molar-refractivity contribution is -0.137. The van der Waals surface area contributed by atoms with E-state index in [1.807, 2.05) is 0 Å². The van der Waals surface area contributed by atoms with E-state index in [1.54, 1.807) is 12.1 Å². The number of benzene rings is 2. The summed E-state index contributed by atoms with van der Waals surface area (Å²) in [4.78, 5) is 12.7. The zero-order valence-corrected chi connectivity index (χ0v) is 16.1. The molecule has 154 valence electrons. The van der Waals surface area contributed by atoms with Gasteiger partial charge < -0.3 is 10.4 Å². The first-order valence-electron chi connectivity index (χ1n) is 9.51. The highest BCUT2D eigenvalue weighted by atomic mass is 19.4. The molecule has 0 aliphatic rings. The number of halogens is 3. The lowest BCUT2D eigenvalue weighted by atomic mass is 9.99. The fourth-order valence-electron chi connectivity index (χ4n) is 3.12. The summed E-state index contributed by atoms with van der Waals surface area (Å²) >= 11 is 0. The molecular weight excluding hydrogens is 381 g/mol. The Morgan fingerprint density at radius 3 is 2.52 bits per heavy atom. The van der Waals surface area contributed by atoms with E-state index in [9.17, 15) is 23.1 Å². The minimum Gasteiger partial charge on any atom is -0.507 e. The van der Waals surface area contributed by atoms with E-state index in [4.69, 9.17) is 5.26 Å². The lowest BCUT2D eigenvalue weighted by Gasteiger charge is -2.14. The fourth-order valence-corrected chi connectivity index (χ4v) is 3.12. The van der Waals surface area contributed by atoms with Crippen molar-refractivity contribution >= 4 is 11.6 Å². The van der Waals surface area contributed by atoms with Crippen molar-refractivity contribution in [2.45, 2.75) is 51.6 Å². The number of phenols is 1. The van der Waals surface area contributed by atoms with Gasteiger partial charge in [0.2, 0.25) is 0 Å². The van der Waals surface area contributed by atoms with Crippen LogP contribution in [0.2, 0.25) is 0 Å². The molecule has 0 aliphatic carbocycles. The van der Waals surface area contributed by atoms with Gasteiger partial charge >= 0.3 is 6.18 Å². The normalized spacial score (nSPS) is 11.1. The molecule has 2 aromatic carbocycles. The Morgan fingerprint density at radius 1 is 1.14 bits per heavy atom. The number of nitriles is 1. The van der Waals surface area contributed by atoms with Crippen LogP contribution in [0, 0.1) is 11.3 Å². The zero-order valence-electron chi connectivity index (χ0n) is 16.1. The number of alkyl halides is 3. The molecule has 0 bridgehead atoms. The molecule has 2 rings (SSSR count). The van der Waals surface area contributed by atoms with Gasteiger partial charge in [-0.3, -0.25) is 4.79 Å². The summed E-state index contributed by atoms with van der Waals surface area (Å²) in [6.45, 7) is 2.12. The third kappa shape index (κ3) is 5.98. The molecule has 2 N–H and O–H groups in total. The van der Waals surface area contributed by atoms with Gasteiger partial charge in [-0.25, -0.2) is 0 Å². The van der Waals surface area contributed by atoms with Crippen LogP contribution in [0.4, 0.5) is 18.9 Å². The Hall–Kier alpha value is -3.01. The second-order valence-electron chi connectivity index (χ2n) is 6.80. The predicted octanol–water partition coefficient (Wildman–Crippen LogP) is 6.05. The van der Waals surface area contributed by atoms with Crippen molar-refractivity contribution in [3.05, 3.63) is 58.7 Å². The molecule has 4 nitrogen and oxygen atoms in total. The van der Waals surface area contributed by atoms with Gasteiger partial charge in [0.25, 0.3) is 5.91 Å². The SMILES string of the molecule is CCCCCCCc1cccc(O)c1C(=O)Nc1ccc(C#N)c(C(F)(F)F)c1. The number of nitrogens with zero attached hydrogens (tertiary/aromatic N) is 1. The van der Waals surface area contributed by atoms with Crippen LogP contribution >= 0.6 is 0 Å². The molecule has 0 saturated heterocycles. The fraction of sp³-hybridized carbons (Fsp3) is 0.364. The molecule has 7 heteroatoms. The monoisotopic (exact) mass is 404 g/mol. The molecule has 0 aliphatic heterocycles. The van der Waals surface area contributed by atoms with Crippen LogP contribution < -0.4 is 5.32 Å². The summed E-state index contributed by atoms with van der Waals surface area (Å²) in [5, 5.41) is 21.4. The highest BCUT2D eigenvalue weighted by Crippen LogP contribution is 2.34. The third-order valence-corrected chi connectivity index (χ3v) is 4.61. The van der Waals surface area contributed by atoms with Crippen LogP contribution in [-0.4, -0.2) is 11.0 Å². The van der Waals surface area contributed by atoms with Gasteiger partial charge in [-0.2, -0.15) is 18.4 Å². The molecule has 2 aromatic rings. The summed E-state index contributed by atoms with van der Waals surface area (Å²) in [5.74, 6) is -0.914. The second kappa shape index (κ2) is 9.97. The first kappa shape index (κ1) is 22.3. The van der Waals surface area contributed by atoms with Crippen molar-refractivity contribution in [2.75, 3.05) is 5.32 Å². The molecule has 0 fully saturated rings. The highest BCUT2D eigenvalue weighted by molar-refractivity contribution is 6.07. The molecule has 1 amide bonds. The molecular formula is C22H23F3N2O2. The number of aryl methyl sites for hydroxylation is 1. The van der Waals surface area contributed by atoms with Crippen molar-refractivity contribution in [3.8, 4) is 11.8 Å². The Balaban J connectivity index is 2.22. The molecule has 29 heavy (non-hydrogen) atoms. The van der Waals surface area contributed by atoms with Gasteiger partial charge in [0, 0.05) is 5.69 Å². The van der Waals surface area contributed by atoms with Gasteiger partial charge in [0.05, 0.1) is 22.8 Å². The molecule has 0 unspecified atom stereocenters. The summed E-state index contributed by atoms with van der Waals surface area (Å²) in [6, 6.07) is 9.20. The van der Waals surface area contributed by atoms with Gasteiger partial charge in [-0.05, 0) is 42.7 Å². The number of anilines is 1. The second-order valence-corrected chi connectivity index (χ2v) is 6.80. The average Bonchev–Trinajstić information content (AvgIpc) is 2.67. The Bertz CT molecular complexity index is 902. The predicted molar refractivity (Wildman–Crippen MR) is 105 cm³/mol. The Kier molecular flexibility index (Phi) is 7.66. The molecule has 0 radical (unpaired) electrons. The molecule has 0 spiro atoms. The van der Waals surface area contributed by atoms with E-state index in [-0.39, 0.29) is 17.0 Å².